The van der Waals surface area contributed by atoms with Crippen molar-refractivity contribution < 1.29 is 9.52 Å². The Bertz CT molecular complexity index is 467. The molecule has 0 radical (unpaired) electrons. The number of thiocarbonyl (C=S) groups is 1. The summed E-state index contributed by atoms with van der Waals surface area (Å²) in [7, 11) is 0. The van der Waals surface area contributed by atoms with Gasteiger partial charge in [-0.15, -0.1) is 10.2 Å². The van der Waals surface area contributed by atoms with Gasteiger partial charge in [0.25, 0.3) is 11.8 Å². The van der Waals surface area contributed by atoms with E-state index in [2.05, 4.69) is 22.4 Å². The van der Waals surface area contributed by atoms with Gasteiger partial charge in [0.1, 0.15) is 5.75 Å². The number of hydrogen-bond acceptors (Lipinski definition) is 5. The lowest BCUT2D eigenvalue weighted by atomic mass is 10.2. The van der Waals surface area contributed by atoms with Crippen molar-refractivity contribution in [3.05, 3.63) is 30.2 Å². The van der Waals surface area contributed by atoms with Crippen LogP contribution in [0.4, 0.5) is 0 Å². The second-order valence-corrected chi connectivity index (χ2v) is 2.82. The molecule has 0 saturated heterocycles. The van der Waals surface area contributed by atoms with Gasteiger partial charge in [0.2, 0.25) is 0 Å². The van der Waals surface area contributed by atoms with Gasteiger partial charge in [0, 0.05) is 0 Å². The summed E-state index contributed by atoms with van der Waals surface area (Å²) in [5, 5.41) is 18.2. The number of phenols is 1. The molecule has 0 amide bonds. The standard InChI is InChI=1S/C9H6N2O2S/c12-7-4-2-1-3-6(7)9-11-10-8(5-14)13-9/h1-5,12H. The smallest absolute Gasteiger partial charge is 0.251 e. The maximum atomic E-state index is 9.48. The highest BCUT2D eigenvalue weighted by Gasteiger charge is 2.09. The van der Waals surface area contributed by atoms with Crippen LogP contribution < -0.4 is 0 Å². The van der Waals surface area contributed by atoms with Crippen LogP contribution in [0, 0.1) is 0 Å². The topological polar surface area (TPSA) is 59.2 Å². The van der Waals surface area contributed by atoms with Gasteiger partial charge in [-0.25, -0.2) is 0 Å². The minimum Gasteiger partial charge on any atom is -0.507 e. The van der Waals surface area contributed by atoms with Crippen molar-refractivity contribution >= 4 is 17.6 Å². The Balaban J connectivity index is 2.49. The van der Waals surface area contributed by atoms with Crippen LogP contribution in [-0.4, -0.2) is 20.7 Å². The molecule has 5 heteroatoms. The molecule has 1 heterocycles. The molecule has 2 rings (SSSR count). The molecule has 14 heavy (non-hydrogen) atoms. The first kappa shape index (κ1) is 8.83. The molecule has 1 aromatic heterocycles. The summed E-state index contributed by atoms with van der Waals surface area (Å²) in [5.74, 6) is 0.629. The molecule has 4 nitrogen and oxygen atoms in total. The summed E-state index contributed by atoms with van der Waals surface area (Å²) >= 11 is 4.63. The molecule has 0 fully saturated rings. The predicted octanol–water partition coefficient (Wildman–Crippen LogP) is 1.79. The monoisotopic (exact) mass is 206 g/mol. The second kappa shape index (κ2) is 3.55. The van der Waals surface area contributed by atoms with Crippen LogP contribution in [0.3, 0.4) is 0 Å². The summed E-state index contributed by atoms with van der Waals surface area (Å²) in [6.45, 7) is 0. The molecule has 0 aliphatic carbocycles. The molecule has 0 saturated carbocycles. The minimum absolute atomic E-state index is 0.104. The van der Waals surface area contributed by atoms with E-state index < -0.39 is 0 Å². The maximum absolute atomic E-state index is 9.48. The number of aromatic nitrogens is 2. The van der Waals surface area contributed by atoms with Crippen LogP contribution >= 0.6 is 12.2 Å². The van der Waals surface area contributed by atoms with E-state index in [-0.39, 0.29) is 17.5 Å². The highest BCUT2D eigenvalue weighted by atomic mass is 32.1. The van der Waals surface area contributed by atoms with Gasteiger partial charge >= 0.3 is 0 Å². The first-order valence-electron chi connectivity index (χ1n) is 3.88. The van der Waals surface area contributed by atoms with Gasteiger partial charge in [0.15, 0.2) is 0 Å². The molecule has 1 N–H and O–H groups in total. The molecular weight excluding hydrogens is 200 g/mol. The number of para-hydroxylation sites is 1. The molecule has 0 atom stereocenters. The maximum Gasteiger partial charge on any atom is 0.251 e. The van der Waals surface area contributed by atoms with Gasteiger partial charge in [-0.3, -0.25) is 0 Å². The van der Waals surface area contributed by atoms with Crippen molar-refractivity contribution in [2.24, 2.45) is 0 Å². The first-order valence-corrected chi connectivity index (χ1v) is 4.35. The highest BCUT2D eigenvalue weighted by molar-refractivity contribution is 7.79. The Hall–Kier alpha value is -1.75. The van der Waals surface area contributed by atoms with E-state index in [4.69, 9.17) is 4.42 Å². The van der Waals surface area contributed by atoms with Gasteiger partial charge in [-0.05, 0) is 12.1 Å². The predicted molar refractivity (Wildman–Crippen MR) is 54.2 cm³/mol. The molecule has 0 bridgehead atoms. The van der Waals surface area contributed by atoms with Crippen LogP contribution in [-0.2, 0) is 0 Å². The minimum atomic E-state index is 0.104. The normalized spacial score (nSPS) is 10.0. The van der Waals surface area contributed by atoms with E-state index in [0.29, 0.717) is 5.56 Å². The molecular formula is C9H6N2O2S. The zero-order chi connectivity index (χ0) is 9.97. The lowest BCUT2D eigenvalue weighted by Crippen LogP contribution is -1.78. The lowest BCUT2D eigenvalue weighted by Gasteiger charge is -1.96. The van der Waals surface area contributed by atoms with Crippen LogP contribution in [0.25, 0.3) is 11.5 Å². The number of hydrogen-bond donors (Lipinski definition) is 1. The van der Waals surface area contributed by atoms with E-state index in [1.807, 2.05) is 0 Å². The fourth-order valence-corrected chi connectivity index (χ4v) is 1.14. The summed E-state index contributed by atoms with van der Waals surface area (Å²) < 4.78 is 5.16. The summed E-state index contributed by atoms with van der Waals surface area (Å²) in [4.78, 5) is 0. The fourth-order valence-electron chi connectivity index (χ4n) is 1.05. The van der Waals surface area contributed by atoms with Crippen molar-refractivity contribution in [3.63, 3.8) is 0 Å². The quantitative estimate of drug-likeness (QED) is 0.759. The number of benzene rings is 1. The van der Waals surface area contributed by atoms with E-state index in [0.717, 1.165) is 0 Å². The molecule has 0 aliphatic rings. The summed E-state index contributed by atoms with van der Waals surface area (Å²) in [6, 6.07) is 6.73. The first-order chi connectivity index (χ1) is 6.81. The fraction of sp³-hybridized carbons (Fsp3) is 0. The number of rotatable bonds is 2. The molecule has 0 unspecified atom stereocenters. The number of nitrogens with zero attached hydrogens (tertiary/aromatic N) is 2. The Morgan fingerprint density at radius 1 is 1.29 bits per heavy atom. The summed E-state index contributed by atoms with van der Waals surface area (Å²) in [5.41, 5.74) is 0.503. The average molecular weight is 206 g/mol. The van der Waals surface area contributed by atoms with Crippen molar-refractivity contribution in [3.8, 4) is 17.2 Å². The molecule has 0 spiro atoms. The van der Waals surface area contributed by atoms with Crippen molar-refractivity contribution in [1.82, 2.24) is 10.2 Å². The molecule has 70 valence electrons. The van der Waals surface area contributed by atoms with E-state index in [9.17, 15) is 5.11 Å². The third kappa shape index (κ3) is 1.49. The van der Waals surface area contributed by atoms with Gasteiger partial charge in [-0.1, -0.05) is 24.4 Å². The van der Waals surface area contributed by atoms with Crippen LogP contribution in [0.15, 0.2) is 28.7 Å². The van der Waals surface area contributed by atoms with E-state index >= 15 is 0 Å². The average Bonchev–Trinajstić information content (AvgIpc) is 2.67. The molecule has 1 aromatic carbocycles. The Labute approximate surface area is 85.2 Å². The number of aromatic hydroxyl groups is 1. The molecule has 0 aliphatic heterocycles. The molecule has 2 aromatic rings. The Morgan fingerprint density at radius 3 is 2.71 bits per heavy atom. The highest BCUT2D eigenvalue weighted by Crippen LogP contribution is 2.26. The van der Waals surface area contributed by atoms with E-state index in [1.54, 1.807) is 24.3 Å². The van der Waals surface area contributed by atoms with Gasteiger partial charge < -0.3 is 9.52 Å². The lowest BCUT2D eigenvalue weighted by molar-refractivity contribution is 0.472. The van der Waals surface area contributed by atoms with Gasteiger partial charge in [-0.2, -0.15) is 0 Å². The van der Waals surface area contributed by atoms with E-state index in [1.165, 1.54) is 5.37 Å². The second-order valence-electron chi connectivity index (χ2n) is 2.58. The third-order valence-electron chi connectivity index (χ3n) is 1.68. The van der Waals surface area contributed by atoms with Crippen LogP contribution in [0.5, 0.6) is 5.75 Å². The zero-order valence-corrected chi connectivity index (χ0v) is 7.86. The number of phenolic OH excluding ortho intramolecular Hbond substituents is 1. The van der Waals surface area contributed by atoms with Crippen LogP contribution in [0.2, 0.25) is 0 Å². The van der Waals surface area contributed by atoms with Crippen molar-refractivity contribution in [1.29, 1.82) is 0 Å². The van der Waals surface area contributed by atoms with Crippen molar-refractivity contribution in [2.45, 2.75) is 0 Å². The Morgan fingerprint density at radius 2 is 2.07 bits per heavy atom. The zero-order valence-electron chi connectivity index (χ0n) is 7.04. The largest absolute Gasteiger partial charge is 0.507 e. The van der Waals surface area contributed by atoms with Crippen LogP contribution in [0.1, 0.15) is 5.89 Å². The SMILES string of the molecule is Oc1ccccc1-c1nnc(C=S)o1. The third-order valence-corrected chi connectivity index (χ3v) is 1.88. The Kier molecular flexibility index (Phi) is 2.24. The van der Waals surface area contributed by atoms with Gasteiger partial charge in [0.05, 0.1) is 10.9 Å². The van der Waals surface area contributed by atoms with Crippen molar-refractivity contribution in [2.75, 3.05) is 0 Å². The summed E-state index contributed by atoms with van der Waals surface area (Å²) in [6.07, 6.45) is 0.